The molecule has 0 amide bonds. The molecule has 0 bridgehead atoms. The molecule has 0 spiro atoms. The molecular formula is C20H21Cl2N7. The molecule has 1 saturated heterocycles. The maximum atomic E-state index is 6.11. The van der Waals surface area contributed by atoms with E-state index in [4.69, 9.17) is 28.9 Å². The van der Waals surface area contributed by atoms with E-state index in [9.17, 15) is 0 Å². The number of hydrogen-bond acceptors (Lipinski definition) is 7. The Bertz CT molecular complexity index is 973. The zero-order valence-corrected chi connectivity index (χ0v) is 17.2. The average molecular weight is 430 g/mol. The molecule has 1 fully saturated rings. The highest BCUT2D eigenvalue weighted by atomic mass is 35.5. The lowest BCUT2D eigenvalue weighted by molar-refractivity contribution is 0.244. The summed E-state index contributed by atoms with van der Waals surface area (Å²) in [5.41, 5.74) is 7.88. The van der Waals surface area contributed by atoms with Crippen molar-refractivity contribution < 1.29 is 0 Å². The molecular weight excluding hydrogens is 409 g/mol. The first-order chi connectivity index (χ1) is 14.0. The molecule has 7 nitrogen and oxygen atoms in total. The van der Waals surface area contributed by atoms with Gasteiger partial charge in [0.05, 0.1) is 6.54 Å². The molecule has 150 valence electrons. The number of halogens is 2. The van der Waals surface area contributed by atoms with Gasteiger partial charge in [0.2, 0.25) is 11.9 Å². The van der Waals surface area contributed by atoms with Crippen molar-refractivity contribution in [1.29, 1.82) is 0 Å². The number of piperazine rings is 1. The zero-order valence-electron chi connectivity index (χ0n) is 15.7. The fraction of sp³-hybridized carbons (Fsp3) is 0.250. The minimum absolute atomic E-state index is 0.198. The summed E-state index contributed by atoms with van der Waals surface area (Å²) in [7, 11) is 0. The molecule has 0 atom stereocenters. The second-order valence-corrected chi connectivity index (χ2v) is 7.68. The van der Waals surface area contributed by atoms with Crippen LogP contribution in [-0.4, -0.2) is 46.0 Å². The summed E-state index contributed by atoms with van der Waals surface area (Å²) in [5, 5.41) is 4.57. The van der Waals surface area contributed by atoms with E-state index in [2.05, 4.69) is 36.1 Å². The lowest BCUT2D eigenvalue weighted by Gasteiger charge is -2.35. The highest BCUT2D eigenvalue weighted by Crippen LogP contribution is 2.21. The van der Waals surface area contributed by atoms with Gasteiger partial charge in [-0.25, -0.2) is 0 Å². The van der Waals surface area contributed by atoms with Crippen LogP contribution in [0.1, 0.15) is 5.82 Å². The summed E-state index contributed by atoms with van der Waals surface area (Å²) in [4.78, 5) is 17.6. The Hall–Kier alpha value is -2.61. The third-order valence-corrected chi connectivity index (χ3v) is 5.20. The number of anilines is 4. The zero-order chi connectivity index (χ0) is 20.2. The monoisotopic (exact) mass is 429 g/mol. The molecule has 4 rings (SSSR count). The van der Waals surface area contributed by atoms with E-state index in [1.165, 1.54) is 0 Å². The third-order valence-electron chi connectivity index (χ3n) is 4.71. The van der Waals surface area contributed by atoms with Crippen molar-refractivity contribution in [2.24, 2.45) is 0 Å². The van der Waals surface area contributed by atoms with Crippen LogP contribution in [0.5, 0.6) is 0 Å². The first kappa shape index (κ1) is 19.7. The average Bonchev–Trinajstić information content (AvgIpc) is 2.70. The smallest absolute Gasteiger partial charge is 0.232 e. The number of nitrogens with one attached hydrogen (secondary N) is 1. The topological polar surface area (TPSA) is 83.2 Å². The van der Waals surface area contributed by atoms with Crippen LogP contribution in [0.25, 0.3) is 0 Å². The Labute approximate surface area is 179 Å². The molecule has 29 heavy (non-hydrogen) atoms. The van der Waals surface area contributed by atoms with Gasteiger partial charge in [0.15, 0.2) is 0 Å². The summed E-state index contributed by atoms with van der Waals surface area (Å²) in [6.07, 6.45) is 0. The molecule has 1 aliphatic heterocycles. The van der Waals surface area contributed by atoms with Crippen molar-refractivity contribution in [2.75, 3.05) is 42.1 Å². The molecule has 0 unspecified atom stereocenters. The van der Waals surface area contributed by atoms with Gasteiger partial charge in [-0.1, -0.05) is 29.3 Å². The van der Waals surface area contributed by atoms with Gasteiger partial charge in [-0.2, -0.15) is 15.0 Å². The highest BCUT2D eigenvalue weighted by molar-refractivity contribution is 6.31. The third kappa shape index (κ3) is 5.26. The van der Waals surface area contributed by atoms with Crippen LogP contribution in [0.4, 0.5) is 23.3 Å². The van der Waals surface area contributed by atoms with Gasteiger partial charge in [-0.3, -0.25) is 4.90 Å². The van der Waals surface area contributed by atoms with Gasteiger partial charge in [0.1, 0.15) is 5.82 Å². The largest absolute Gasteiger partial charge is 0.369 e. The fourth-order valence-electron chi connectivity index (χ4n) is 3.26. The van der Waals surface area contributed by atoms with Crippen LogP contribution >= 0.6 is 23.2 Å². The van der Waals surface area contributed by atoms with E-state index < -0.39 is 0 Å². The fourth-order valence-corrected chi connectivity index (χ4v) is 3.57. The summed E-state index contributed by atoms with van der Waals surface area (Å²) in [6, 6.07) is 15.3. The highest BCUT2D eigenvalue weighted by Gasteiger charge is 2.19. The van der Waals surface area contributed by atoms with Gasteiger partial charge in [-0.15, -0.1) is 0 Å². The van der Waals surface area contributed by atoms with Crippen LogP contribution in [0.15, 0.2) is 48.5 Å². The SMILES string of the molecule is Nc1nc(CN2CCN(c3cccc(Cl)c3)CC2)nc(Nc2ccc(Cl)cc2)n1. The molecule has 0 radical (unpaired) electrons. The van der Waals surface area contributed by atoms with Crippen LogP contribution in [0.2, 0.25) is 10.0 Å². The molecule has 0 saturated carbocycles. The Balaban J connectivity index is 1.38. The van der Waals surface area contributed by atoms with Crippen LogP contribution in [-0.2, 0) is 6.54 Å². The maximum absolute atomic E-state index is 6.11. The summed E-state index contributed by atoms with van der Waals surface area (Å²) in [5.74, 6) is 1.27. The molecule has 2 heterocycles. The molecule has 1 aliphatic rings. The molecule has 9 heteroatoms. The van der Waals surface area contributed by atoms with Crippen molar-refractivity contribution in [1.82, 2.24) is 19.9 Å². The molecule has 2 aromatic carbocycles. The number of nitrogens with two attached hydrogens (primary N) is 1. The predicted octanol–water partition coefficient (Wildman–Crippen LogP) is 3.83. The summed E-state index contributed by atoms with van der Waals surface area (Å²) in [6.45, 7) is 4.25. The normalized spacial score (nSPS) is 14.8. The van der Waals surface area contributed by atoms with E-state index in [1.807, 2.05) is 30.3 Å². The van der Waals surface area contributed by atoms with Gasteiger partial charge >= 0.3 is 0 Å². The number of aromatic nitrogens is 3. The van der Waals surface area contributed by atoms with E-state index in [-0.39, 0.29) is 5.95 Å². The first-order valence-electron chi connectivity index (χ1n) is 9.31. The maximum Gasteiger partial charge on any atom is 0.232 e. The van der Waals surface area contributed by atoms with Crippen molar-refractivity contribution in [3.8, 4) is 0 Å². The lowest BCUT2D eigenvalue weighted by Crippen LogP contribution is -2.46. The van der Waals surface area contributed by atoms with Gasteiger partial charge in [0, 0.05) is 47.6 Å². The Morgan fingerprint density at radius 3 is 2.38 bits per heavy atom. The molecule has 3 aromatic rings. The van der Waals surface area contributed by atoms with E-state index in [1.54, 1.807) is 12.1 Å². The minimum atomic E-state index is 0.198. The molecule has 0 aliphatic carbocycles. The summed E-state index contributed by atoms with van der Waals surface area (Å²) >= 11 is 12.0. The quantitative estimate of drug-likeness (QED) is 0.637. The number of benzene rings is 2. The summed E-state index contributed by atoms with van der Waals surface area (Å²) < 4.78 is 0. The molecule has 3 N–H and O–H groups in total. The van der Waals surface area contributed by atoms with E-state index in [0.717, 1.165) is 42.6 Å². The first-order valence-corrected chi connectivity index (χ1v) is 10.1. The van der Waals surface area contributed by atoms with E-state index in [0.29, 0.717) is 23.3 Å². The number of nitrogen functional groups attached to an aromatic ring is 1. The van der Waals surface area contributed by atoms with Gasteiger partial charge < -0.3 is 16.0 Å². The Kier molecular flexibility index (Phi) is 5.99. The van der Waals surface area contributed by atoms with Crippen LogP contribution in [0.3, 0.4) is 0 Å². The number of hydrogen-bond donors (Lipinski definition) is 2. The molecule has 1 aromatic heterocycles. The van der Waals surface area contributed by atoms with E-state index >= 15 is 0 Å². The van der Waals surface area contributed by atoms with Crippen molar-refractivity contribution in [3.05, 3.63) is 64.4 Å². The lowest BCUT2D eigenvalue weighted by atomic mass is 10.2. The Morgan fingerprint density at radius 2 is 1.66 bits per heavy atom. The second kappa shape index (κ2) is 8.82. The van der Waals surface area contributed by atoms with Gasteiger partial charge in [-0.05, 0) is 42.5 Å². The predicted molar refractivity (Wildman–Crippen MR) is 118 cm³/mol. The van der Waals surface area contributed by atoms with Crippen molar-refractivity contribution in [2.45, 2.75) is 6.54 Å². The number of rotatable bonds is 5. The number of nitrogens with zero attached hydrogens (tertiary/aromatic N) is 5. The Morgan fingerprint density at radius 1 is 0.897 bits per heavy atom. The van der Waals surface area contributed by atoms with Crippen molar-refractivity contribution in [3.63, 3.8) is 0 Å². The van der Waals surface area contributed by atoms with Crippen LogP contribution < -0.4 is 16.0 Å². The second-order valence-electron chi connectivity index (χ2n) is 6.81. The van der Waals surface area contributed by atoms with Gasteiger partial charge in [0.25, 0.3) is 0 Å². The van der Waals surface area contributed by atoms with Crippen LogP contribution in [0, 0.1) is 0 Å². The van der Waals surface area contributed by atoms with Crippen molar-refractivity contribution >= 4 is 46.5 Å². The standard InChI is InChI=1S/C20H21Cl2N7/c21-14-4-6-16(7-5-14)24-20-26-18(25-19(23)27-20)13-28-8-10-29(11-9-28)17-3-1-2-15(22)12-17/h1-7,12H,8-11,13H2,(H3,23,24,25,26,27). The minimum Gasteiger partial charge on any atom is -0.369 e.